The standard InChI is InChI=1S/C24H15F3/c1-14-2-8-20-15(10-14)3-5-17-13-23-18(12-22(17)20)6-4-16-11-19(24(25,26)27)7-9-21(16)23/h2-13H,1H3. The van der Waals surface area contributed by atoms with Crippen LogP contribution in [0.2, 0.25) is 0 Å². The average Bonchev–Trinajstić information content (AvgIpc) is 2.65. The van der Waals surface area contributed by atoms with Crippen LogP contribution < -0.4 is 0 Å². The Balaban J connectivity index is 1.84. The van der Waals surface area contributed by atoms with Crippen molar-refractivity contribution in [3.8, 4) is 0 Å². The Labute approximate surface area is 153 Å². The number of aryl methyl sites for hydroxylation is 1. The van der Waals surface area contributed by atoms with E-state index in [9.17, 15) is 13.2 Å². The monoisotopic (exact) mass is 360 g/mol. The van der Waals surface area contributed by atoms with Gasteiger partial charge in [-0.2, -0.15) is 13.2 Å². The quantitative estimate of drug-likeness (QED) is 0.197. The third-order valence-electron chi connectivity index (χ3n) is 5.27. The molecule has 3 heteroatoms. The number of halogens is 3. The van der Waals surface area contributed by atoms with E-state index in [2.05, 4.69) is 49.4 Å². The Bertz CT molecular complexity index is 1360. The van der Waals surface area contributed by atoms with Crippen LogP contribution in [-0.4, -0.2) is 0 Å². The molecule has 0 amide bonds. The van der Waals surface area contributed by atoms with E-state index in [1.807, 2.05) is 6.07 Å². The van der Waals surface area contributed by atoms with Crippen LogP contribution >= 0.6 is 0 Å². The molecule has 0 atom stereocenters. The molecule has 132 valence electrons. The predicted molar refractivity (Wildman–Crippen MR) is 106 cm³/mol. The van der Waals surface area contributed by atoms with Crippen LogP contribution in [0, 0.1) is 6.92 Å². The SMILES string of the molecule is Cc1ccc2c(ccc3cc4c(ccc5cc(C(F)(F)F)ccc54)cc32)c1. The van der Waals surface area contributed by atoms with Gasteiger partial charge >= 0.3 is 6.18 Å². The summed E-state index contributed by atoms with van der Waals surface area (Å²) in [7, 11) is 0. The number of fused-ring (bicyclic) bond motifs is 6. The van der Waals surface area contributed by atoms with Crippen molar-refractivity contribution in [2.75, 3.05) is 0 Å². The summed E-state index contributed by atoms with van der Waals surface area (Å²) in [6.07, 6.45) is -4.33. The van der Waals surface area contributed by atoms with E-state index in [0.29, 0.717) is 5.39 Å². The molecule has 0 aliphatic heterocycles. The van der Waals surface area contributed by atoms with E-state index in [1.165, 1.54) is 22.4 Å². The van der Waals surface area contributed by atoms with Crippen LogP contribution in [0.4, 0.5) is 13.2 Å². The fourth-order valence-electron chi connectivity index (χ4n) is 3.92. The molecule has 0 aromatic heterocycles. The van der Waals surface area contributed by atoms with Gasteiger partial charge in [-0.3, -0.25) is 0 Å². The molecule has 0 aliphatic carbocycles. The van der Waals surface area contributed by atoms with Crippen molar-refractivity contribution in [1.29, 1.82) is 0 Å². The molecule has 0 fully saturated rings. The van der Waals surface area contributed by atoms with Gasteiger partial charge in [-0.1, -0.05) is 54.1 Å². The van der Waals surface area contributed by atoms with Crippen molar-refractivity contribution >= 4 is 43.1 Å². The summed E-state index contributed by atoms with van der Waals surface area (Å²) < 4.78 is 39.0. The number of hydrogen-bond acceptors (Lipinski definition) is 0. The highest BCUT2D eigenvalue weighted by Gasteiger charge is 2.30. The zero-order valence-corrected chi connectivity index (χ0v) is 14.6. The van der Waals surface area contributed by atoms with Gasteiger partial charge in [0.1, 0.15) is 0 Å². The van der Waals surface area contributed by atoms with E-state index >= 15 is 0 Å². The van der Waals surface area contributed by atoms with Crippen LogP contribution in [0.3, 0.4) is 0 Å². The lowest BCUT2D eigenvalue weighted by Gasteiger charge is -2.11. The summed E-state index contributed by atoms with van der Waals surface area (Å²) in [5, 5.41) is 8.07. The summed E-state index contributed by atoms with van der Waals surface area (Å²) >= 11 is 0. The molecule has 0 heterocycles. The lowest BCUT2D eigenvalue weighted by atomic mass is 9.94. The highest BCUT2D eigenvalue weighted by atomic mass is 19.4. The molecule has 0 unspecified atom stereocenters. The molecule has 5 aromatic rings. The van der Waals surface area contributed by atoms with Crippen molar-refractivity contribution in [3.63, 3.8) is 0 Å². The maximum Gasteiger partial charge on any atom is 0.416 e. The Morgan fingerprint density at radius 2 is 1.00 bits per heavy atom. The van der Waals surface area contributed by atoms with Gasteiger partial charge in [0.05, 0.1) is 5.56 Å². The Morgan fingerprint density at radius 3 is 1.56 bits per heavy atom. The fraction of sp³-hybridized carbons (Fsp3) is 0.0833. The molecule has 0 aliphatic rings. The molecule has 5 aromatic carbocycles. The van der Waals surface area contributed by atoms with Crippen molar-refractivity contribution in [1.82, 2.24) is 0 Å². The molecular formula is C24H15F3. The molecule has 27 heavy (non-hydrogen) atoms. The van der Waals surface area contributed by atoms with E-state index in [-0.39, 0.29) is 0 Å². The Hall–Kier alpha value is -3.07. The molecule has 5 rings (SSSR count). The van der Waals surface area contributed by atoms with Gasteiger partial charge < -0.3 is 0 Å². The van der Waals surface area contributed by atoms with Crippen LogP contribution in [0.15, 0.2) is 72.8 Å². The number of hydrogen-bond donors (Lipinski definition) is 0. The third kappa shape index (κ3) is 2.54. The van der Waals surface area contributed by atoms with E-state index in [1.54, 1.807) is 12.1 Å². The average molecular weight is 360 g/mol. The Morgan fingerprint density at radius 1 is 0.519 bits per heavy atom. The van der Waals surface area contributed by atoms with Crippen LogP contribution in [0.1, 0.15) is 11.1 Å². The molecule has 0 radical (unpaired) electrons. The minimum atomic E-state index is -4.33. The molecule has 0 N–H and O–H groups in total. The third-order valence-corrected chi connectivity index (χ3v) is 5.27. The second-order valence-electron chi connectivity index (χ2n) is 7.08. The van der Waals surface area contributed by atoms with Crippen molar-refractivity contribution in [3.05, 3.63) is 83.9 Å². The molecule has 0 spiro atoms. The second kappa shape index (κ2) is 5.46. The van der Waals surface area contributed by atoms with Crippen LogP contribution in [0.25, 0.3) is 43.1 Å². The van der Waals surface area contributed by atoms with E-state index < -0.39 is 11.7 Å². The van der Waals surface area contributed by atoms with Gasteiger partial charge in [0.15, 0.2) is 0 Å². The summed E-state index contributed by atoms with van der Waals surface area (Å²) in [5.74, 6) is 0. The molecule has 0 bridgehead atoms. The topological polar surface area (TPSA) is 0 Å². The summed E-state index contributed by atoms with van der Waals surface area (Å²) in [5.41, 5.74) is 0.602. The minimum absolute atomic E-state index is 0.605. The number of rotatable bonds is 0. The fourth-order valence-corrected chi connectivity index (χ4v) is 3.92. The summed E-state index contributed by atoms with van der Waals surface area (Å²) in [6.45, 7) is 2.07. The van der Waals surface area contributed by atoms with Gasteiger partial charge in [0, 0.05) is 0 Å². The number of benzene rings is 5. The lowest BCUT2D eigenvalue weighted by Crippen LogP contribution is -2.04. The highest BCUT2D eigenvalue weighted by Crippen LogP contribution is 2.36. The van der Waals surface area contributed by atoms with E-state index in [4.69, 9.17) is 0 Å². The molecular weight excluding hydrogens is 345 g/mol. The molecule has 0 saturated heterocycles. The minimum Gasteiger partial charge on any atom is -0.166 e. The van der Waals surface area contributed by atoms with Gasteiger partial charge in [0.2, 0.25) is 0 Å². The van der Waals surface area contributed by atoms with Gasteiger partial charge in [0.25, 0.3) is 0 Å². The van der Waals surface area contributed by atoms with Crippen LogP contribution in [-0.2, 0) is 6.18 Å². The largest absolute Gasteiger partial charge is 0.416 e. The predicted octanol–water partition coefficient (Wildman–Crippen LogP) is 7.63. The number of alkyl halides is 3. The van der Waals surface area contributed by atoms with Gasteiger partial charge in [-0.15, -0.1) is 0 Å². The van der Waals surface area contributed by atoms with E-state index in [0.717, 1.165) is 33.0 Å². The zero-order valence-electron chi connectivity index (χ0n) is 14.6. The van der Waals surface area contributed by atoms with Crippen LogP contribution in [0.5, 0.6) is 0 Å². The maximum atomic E-state index is 13.0. The van der Waals surface area contributed by atoms with Crippen molar-refractivity contribution in [2.24, 2.45) is 0 Å². The maximum absolute atomic E-state index is 13.0. The van der Waals surface area contributed by atoms with Gasteiger partial charge in [-0.05, 0) is 74.3 Å². The lowest BCUT2D eigenvalue weighted by molar-refractivity contribution is -0.137. The first kappa shape index (κ1) is 16.1. The zero-order chi connectivity index (χ0) is 18.8. The first-order valence-electron chi connectivity index (χ1n) is 8.77. The first-order valence-corrected chi connectivity index (χ1v) is 8.77. The molecule has 0 nitrogen and oxygen atoms in total. The summed E-state index contributed by atoms with van der Waals surface area (Å²) in [4.78, 5) is 0. The van der Waals surface area contributed by atoms with Gasteiger partial charge in [-0.25, -0.2) is 0 Å². The van der Waals surface area contributed by atoms with Crippen molar-refractivity contribution in [2.45, 2.75) is 13.1 Å². The highest BCUT2D eigenvalue weighted by molar-refractivity contribution is 6.17. The summed E-state index contributed by atoms with van der Waals surface area (Å²) in [6, 6.07) is 22.5. The normalized spacial score (nSPS) is 12.4. The second-order valence-corrected chi connectivity index (χ2v) is 7.08. The molecule has 0 saturated carbocycles. The Kier molecular flexibility index (Phi) is 3.26. The first-order chi connectivity index (χ1) is 12.9. The smallest absolute Gasteiger partial charge is 0.166 e. The van der Waals surface area contributed by atoms with Crippen molar-refractivity contribution < 1.29 is 13.2 Å².